The summed E-state index contributed by atoms with van der Waals surface area (Å²) in [5, 5.41) is 0. The predicted octanol–water partition coefficient (Wildman–Crippen LogP) is 3.52. The summed E-state index contributed by atoms with van der Waals surface area (Å²) in [7, 11) is 1.48. The van der Waals surface area contributed by atoms with Gasteiger partial charge in [-0.3, -0.25) is 19.4 Å². The second-order valence-corrected chi connectivity index (χ2v) is 8.61. The first-order chi connectivity index (χ1) is 15.9. The Morgan fingerprint density at radius 2 is 2.00 bits per heavy atom. The van der Waals surface area contributed by atoms with Gasteiger partial charge in [-0.15, -0.1) is 0 Å². The number of hydrogen-bond acceptors (Lipinski definition) is 8. The Kier molecular flexibility index (Phi) is 6.93. The van der Waals surface area contributed by atoms with Gasteiger partial charge in [-0.2, -0.15) is 0 Å². The fourth-order valence-corrected chi connectivity index (χ4v) is 4.83. The minimum absolute atomic E-state index is 0.00236. The van der Waals surface area contributed by atoms with Gasteiger partial charge >= 0.3 is 11.9 Å². The van der Waals surface area contributed by atoms with Gasteiger partial charge in [0, 0.05) is 42.9 Å². The SMILES string of the molecule is COc1cc([C@H]2C3=C(CCCC3=O)N=C(C)C2C(=O)OC[C@@H]2CCCO2)ccc1OC(C)=O. The van der Waals surface area contributed by atoms with Crippen LogP contribution in [0.2, 0.25) is 0 Å². The van der Waals surface area contributed by atoms with Crippen molar-refractivity contribution in [2.45, 2.75) is 58.0 Å². The second-order valence-electron chi connectivity index (χ2n) is 8.61. The molecule has 4 rings (SSSR count). The number of carbonyl (C=O) groups excluding carboxylic acids is 3. The van der Waals surface area contributed by atoms with Gasteiger partial charge in [-0.25, -0.2) is 0 Å². The summed E-state index contributed by atoms with van der Waals surface area (Å²) in [5.41, 5.74) is 2.63. The summed E-state index contributed by atoms with van der Waals surface area (Å²) in [6, 6.07) is 5.10. The molecule has 2 aliphatic heterocycles. The molecular formula is C25H29NO7. The quantitative estimate of drug-likeness (QED) is 0.478. The van der Waals surface area contributed by atoms with Gasteiger partial charge in [-0.05, 0) is 50.3 Å². The van der Waals surface area contributed by atoms with Gasteiger partial charge in [0.15, 0.2) is 17.3 Å². The number of rotatable bonds is 6. The number of allylic oxidation sites excluding steroid dienone is 2. The number of aliphatic imine (C=N–C) groups is 1. The van der Waals surface area contributed by atoms with Crippen LogP contribution in [0.4, 0.5) is 0 Å². The van der Waals surface area contributed by atoms with E-state index in [1.165, 1.54) is 14.0 Å². The van der Waals surface area contributed by atoms with Crippen molar-refractivity contribution in [1.29, 1.82) is 0 Å². The van der Waals surface area contributed by atoms with Crippen LogP contribution >= 0.6 is 0 Å². The third-order valence-corrected chi connectivity index (χ3v) is 6.32. The zero-order chi connectivity index (χ0) is 23.5. The van der Waals surface area contributed by atoms with Crippen LogP contribution in [-0.2, 0) is 23.9 Å². The van der Waals surface area contributed by atoms with Gasteiger partial charge in [0.05, 0.1) is 13.2 Å². The number of ketones is 1. The van der Waals surface area contributed by atoms with E-state index in [0.29, 0.717) is 42.0 Å². The number of benzene rings is 1. The molecule has 3 atom stereocenters. The van der Waals surface area contributed by atoms with Crippen molar-refractivity contribution >= 4 is 23.4 Å². The van der Waals surface area contributed by atoms with Crippen molar-refractivity contribution in [3.8, 4) is 11.5 Å². The molecule has 1 aromatic carbocycles. The molecule has 1 aliphatic carbocycles. The zero-order valence-electron chi connectivity index (χ0n) is 19.2. The molecule has 0 aromatic heterocycles. The minimum atomic E-state index is -0.739. The molecule has 0 amide bonds. The highest BCUT2D eigenvalue weighted by atomic mass is 16.6. The lowest BCUT2D eigenvalue weighted by Crippen LogP contribution is -2.38. The van der Waals surface area contributed by atoms with E-state index in [0.717, 1.165) is 25.0 Å². The summed E-state index contributed by atoms with van der Waals surface area (Å²) in [4.78, 5) is 42.4. The van der Waals surface area contributed by atoms with Gasteiger partial charge in [-0.1, -0.05) is 6.07 Å². The molecule has 1 aromatic rings. The fraction of sp³-hybridized carbons (Fsp3) is 0.520. The van der Waals surface area contributed by atoms with Crippen LogP contribution in [0.15, 0.2) is 34.5 Å². The van der Waals surface area contributed by atoms with Crippen LogP contribution in [0.1, 0.15) is 57.4 Å². The van der Waals surface area contributed by atoms with Crippen LogP contribution in [0, 0.1) is 5.92 Å². The first kappa shape index (κ1) is 23.2. The Morgan fingerprint density at radius 1 is 1.18 bits per heavy atom. The molecule has 8 nitrogen and oxygen atoms in total. The van der Waals surface area contributed by atoms with Gasteiger partial charge in [0.25, 0.3) is 0 Å². The van der Waals surface area contributed by atoms with Crippen molar-refractivity contribution in [2.24, 2.45) is 10.9 Å². The molecule has 2 heterocycles. The average Bonchev–Trinajstić information content (AvgIpc) is 3.30. The highest BCUT2D eigenvalue weighted by molar-refractivity contribution is 6.08. The molecule has 1 unspecified atom stereocenters. The van der Waals surface area contributed by atoms with Crippen molar-refractivity contribution in [1.82, 2.24) is 0 Å². The lowest BCUT2D eigenvalue weighted by Gasteiger charge is -2.34. The molecule has 0 saturated carbocycles. The van der Waals surface area contributed by atoms with Crippen LogP contribution < -0.4 is 9.47 Å². The zero-order valence-corrected chi connectivity index (χ0v) is 19.2. The second kappa shape index (κ2) is 9.87. The molecule has 1 fully saturated rings. The van der Waals surface area contributed by atoms with Crippen molar-refractivity contribution in [3.63, 3.8) is 0 Å². The monoisotopic (exact) mass is 455 g/mol. The van der Waals surface area contributed by atoms with Gasteiger partial charge in [0.1, 0.15) is 12.5 Å². The molecule has 0 N–H and O–H groups in total. The minimum Gasteiger partial charge on any atom is -0.493 e. The number of hydrogen-bond donors (Lipinski definition) is 0. The summed E-state index contributed by atoms with van der Waals surface area (Å²) in [6.45, 7) is 3.97. The first-order valence-corrected chi connectivity index (χ1v) is 11.3. The summed E-state index contributed by atoms with van der Waals surface area (Å²) < 4.78 is 21.9. The third kappa shape index (κ3) is 4.85. The lowest BCUT2D eigenvalue weighted by molar-refractivity contribution is -0.149. The largest absolute Gasteiger partial charge is 0.493 e. The van der Waals surface area contributed by atoms with E-state index in [1.54, 1.807) is 25.1 Å². The Morgan fingerprint density at radius 3 is 2.70 bits per heavy atom. The van der Waals surface area contributed by atoms with Crippen molar-refractivity contribution in [2.75, 3.05) is 20.3 Å². The van der Waals surface area contributed by atoms with Crippen LogP contribution in [0.3, 0.4) is 0 Å². The summed E-state index contributed by atoms with van der Waals surface area (Å²) >= 11 is 0. The average molecular weight is 456 g/mol. The van der Waals surface area contributed by atoms with E-state index >= 15 is 0 Å². The third-order valence-electron chi connectivity index (χ3n) is 6.32. The molecule has 0 bridgehead atoms. The van der Waals surface area contributed by atoms with E-state index in [1.807, 2.05) is 0 Å². The number of carbonyl (C=O) groups is 3. The summed E-state index contributed by atoms with van der Waals surface area (Å²) in [6.07, 6.45) is 3.57. The molecule has 1 saturated heterocycles. The van der Waals surface area contributed by atoms with Crippen LogP contribution in [0.5, 0.6) is 11.5 Å². The number of ether oxygens (including phenoxy) is 4. The molecule has 0 spiro atoms. The number of nitrogens with zero attached hydrogens (tertiary/aromatic N) is 1. The Hall–Kier alpha value is -3.00. The fourth-order valence-electron chi connectivity index (χ4n) is 4.83. The molecule has 3 aliphatic rings. The molecule has 176 valence electrons. The van der Waals surface area contributed by atoms with E-state index in [-0.39, 0.29) is 24.2 Å². The first-order valence-electron chi connectivity index (χ1n) is 11.3. The number of methoxy groups -OCH3 is 1. The Balaban J connectivity index is 1.72. The van der Waals surface area contributed by atoms with E-state index in [4.69, 9.17) is 18.9 Å². The van der Waals surface area contributed by atoms with Crippen molar-refractivity contribution in [3.05, 3.63) is 35.0 Å². The molecular weight excluding hydrogens is 426 g/mol. The van der Waals surface area contributed by atoms with Crippen molar-refractivity contribution < 1.29 is 33.3 Å². The number of esters is 2. The van der Waals surface area contributed by atoms with E-state index in [2.05, 4.69) is 4.99 Å². The maximum Gasteiger partial charge on any atom is 0.315 e. The highest BCUT2D eigenvalue weighted by Gasteiger charge is 2.43. The smallest absolute Gasteiger partial charge is 0.315 e. The highest BCUT2D eigenvalue weighted by Crippen LogP contribution is 2.45. The maximum atomic E-state index is 13.3. The predicted molar refractivity (Wildman–Crippen MR) is 119 cm³/mol. The molecule has 0 radical (unpaired) electrons. The van der Waals surface area contributed by atoms with E-state index < -0.39 is 23.8 Å². The van der Waals surface area contributed by atoms with Crippen LogP contribution in [-0.4, -0.2) is 49.9 Å². The Bertz CT molecular complexity index is 1020. The molecule has 33 heavy (non-hydrogen) atoms. The lowest BCUT2D eigenvalue weighted by atomic mass is 9.71. The molecule has 8 heteroatoms. The van der Waals surface area contributed by atoms with Gasteiger partial charge < -0.3 is 18.9 Å². The van der Waals surface area contributed by atoms with Gasteiger partial charge in [0.2, 0.25) is 0 Å². The standard InChI is InChI=1S/C25H29NO7/c1-14-22(25(29)32-13-17-6-5-11-31-17)23(24-18(26-14)7-4-8-19(24)28)16-9-10-20(33-15(2)27)21(12-16)30-3/h9-10,12,17,22-23H,4-8,11,13H2,1-3H3/t17-,22?,23+/m0/s1. The normalized spacial score (nSPS) is 24.8. The Labute approximate surface area is 192 Å². The van der Waals surface area contributed by atoms with E-state index in [9.17, 15) is 14.4 Å². The number of Topliss-reactive ketones (excluding diaryl/α,β-unsaturated/α-hetero) is 1. The summed E-state index contributed by atoms with van der Waals surface area (Å²) in [5.74, 6) is -1.57. The maximum absolute atomic E-state index is 13.3. The van der Waals surface area contributed by atoms with Crippen LogP contribution in [0.25, 0.3) is 0 Å². The topological polar surface area (TPSA) is 100 Å².